The molecule has 0 atom stereocenters. The van der Waals surface area contributed by atoms with Gasteiger partial charge in [-0.15, -0.1) is 0 Å². The maximum Gasteiger partial charge on any atom is 0.296 e. The van der Waals surface area contributed by atoms with Gasteiger partial charge in [0.25, 0.3) is 6.43 Å². The van der Waals surface area contributed by atoms with Crippen LogP contribution in [0, 0.1) is 5.92 Å². The van der Waals surface area contributed by atoms with Crippen LogP contribution < -0.4 is 10.2 Å². The molecule has 0 amide bonds. The molecule has 1 saturated heterocycles. The zero-order valence-electron chi connectivity index (χ0n) is 21.0. The van der Waals surface area contributed by atoms with Gasteiger partial charge in [-0.25, -0.2) is 13.8 Å². The first kappa shape index (κ1) is 24.8. The predicted molar refractivity (Wildman–Crippen MR) is 137 cm³/mol. The first-order valence-corrected chi connectivity index (χ1v) is 12.9. The minimum Gasteiger partial charge on any atom is -0.378 e. The number of nitrogens with zero attached hydrogens (tertiary/aromatic N) is 6. The molecule has 0 bridgehead atoms. The van der Waals surface area contributed by atoms with Crippen LogP contribution in [0.3, 0.4) is 0 Å². The van der Waals surface area contributed by atoms with Crippen molar-refractivity contribution in [1.29, 1.82) is 0 Å². The fourth-order valence-corrected chi connectivity index (χ4v) is 5.29. The van der Waals surface area contributed by atoms with E-state index in [0.29, 0.717) is 66.9 Å². The van der Waals surface area contributed by atoms with Gasteiger partial charge in [0.05, 0.1) is 24.2 Å². The molecule has 0 unspecified atom stereocenters. The fourth-order valence-electron chi connectivity index (χ4n) is 5.29. The molecule has 5 rings (SSSR count). The summed E-state index contributed by atoms with van der Waals surface area (Å²) in [5.41, 5.74) is 1.12. The molecule has 10 heteroatoms. The lowest BCUT2D eigenvalue weighted by Crippen LogP contribution is -2.37. The zero-order chi connectivity index (χ0) is 25.1. The summed E-state index contributed by atoms with van der Waals surface area (Å²) in [5, 5.41) is 3.44. The average molecular weight is 500 g/mol. The Labute approximate surface area is 210 Å². The Morgan fingerprint density at radius 2 is 1.78 bits per heavy atom. The Hall–Kier alpha value is -2.85. The maximum absolute atomic E-state index is 14.0. The minimum absolute atomic E-state index is 0.313. The number of alkyl halides is 2. The van der Waals surface area contributed by atoms with E-state index in [0.717, 1.165) is 25.9 Å². The lowest BCUT2D eigenvalue weighted by atomic mass is 9.85. The number of rotatable bonds is 8. The second-order valence-electron chi connectivity index (χ2n) is 9.73. The standard InChI is InChI=1S/C26H35F2N7O/c1-3-33(2)19-10-8-18(9-11-19)17-29-26-31-22(34-12-14-36-15-13-34)16-23(32-26)35-21-7-5-4-6-20(21)30-25(35)24(27)28/h4-7,16,18-19,24H,3,8-15,17H2,1-2H3,(H,29,31,32). The van der Waals surface area contributed by atoms with Crippen LogP contribution in [0.5, 0.6) is 0 Å². The third kappa shape index (κ3) is 5.29. The summed E-state index contributed by atoms with van der Waals surface area (Å²) in [6.07, 6.45) is 1.96. The van der Waals surface area contributed by atoms with Gasteiger partial charge in [-0.1, -0.05) is 19.1 Å². The van der Waals surface area contributed by atoms with Crippen LogP contribution in [-0.2, 0) is 4.74 Å². The molecule has 36 heavy (non-hydrogen) atoms. The van der Waals surface area contributed by atoms with Crippen molar-refractivity contribution in [3.8, 4) is 5.82 Å². The van der Waals surface area contributed by atoms with Gasteiger partial charge in [-0.05, 0) is 57.3 Å². The Morgan fingerprint density at radius 3 is 2.50 bits per heavy atom. The lowest BCUT2D eigenvalue weighted by Gasteiger charge is -2.34. The molecule has 1 aromatic carbocycles. The highest BCUT2D eigenvalue weighted by Gasteiger charge is 2.25. The van der Waals surface area contributed by atoms with Crippen molar-refractivity contribution in [2.45, 2.75) is 45.1 Å². The van der Waals surface area contributed by atoms with Gasteiger partial charge in [0.2, 0.25) is 5.95 Å². The second-order valence-corrected chi connectivity index (χ2v) is 9.73. The lowest BCUT2D eigenvalue weighted by molar-refractivity contribution is 0.122. The van der Waals surface area contributed by atoms with E-state index < -0.39 is 6.43 Å². The number of hydrogen-bond acceptors (Lipinski definition) is 7. The normalized spacial score (nSPS) is 21.0. The van der Waals surface area contributed by atoms with Crippen LogP contribution in [0.2, 0.25) is 0 Å². The van der Waals surface area contributed by atoms with Gasteiger partial charge in [0, 0.05) is 31.7 Å². The molecule has 2 fully saturated rings. The van der Waals surface area contributed by atoms with Crippen LogP contribution in [0.25, 0.3) is 16.9 Å². The zero-order valence-corrected chi connectivity index (χ0v) is 21.0. The van der Waals surface area contributed by atoms with Crippen molar-refractivity contribution in [2.24, 2.45) is 5.92 Å². The SMILES string of the molecule is CCN(C)C1CCC(CNc2nc(N3CCOCC3)cc(-n3c(C(F)F)nc4ccccc43)n2)CC1. The monoisotopic (exact) mass is 499 g/mol. The number of fused-ring (bicyclic) bond motifs is 1. The van der Waals surface area contributed by atoms with Gasteiger partial charge < -0.3 is 19.9 Å². The maximum atomic E-state index is 14.0. The minimum atomic E-state index is -2.73. The van der Waals surface area contributed by atoms with Gasteiger partial charge in [-0.3, -0.25) is 4.57 Å². The highest BCUT2D eigenvalue weighted by atomic mass is 19.3. The van der Waals surface area contributed by atoms with Crippen LogP contribution in [0.15, 0.2) is 30.3 Å². The topological polar surface area (TPSA) is 71.3 Å². The van der Waals surface area contributed by atoms with Crippen molar-refractivity contribution in [3.05, 3.63) is 36.2 Å². The van der Waals surface area contributed by atoms with Crippen molar-refractivity contribution in [2.75, 3.05) is 56.7 Å². The number of aromatic nitrogens is 4. The van der Waals surface area contributed by atoms with E-state index in [4.69, 9.17) is 14.7 Å². The number of nitrogens with one attached hydrogen (secondary N) is 1. The average Bonchev–Trinajstić information content (AvgIpc) is 3.32. The summed E-state index contributed by atoms with van der Waals surface area (Å²) in [6, 6.07) is 9.60. The number of imidazole rings is 1. The van der Waals surface area contributed by atoms with Crippen molar-refractivity contribution in [3.63, 3.8) is 0 Å². The number of hydrogen-bond donors (Lipinski definition) is 1. The third-order valence-electron chi connectivity index (χ3n) is 7.53. The molecule has 1 N–H and O–H groups in total. The molecule has 1 saturated carbocycles. The molecule has 2 aromatic heterocycles. The van der Waals surface area contributed by atoms with Crippen LogP contribution >= 0.6 is 0 Å². The van der Waals surface area contributed by atoms with Gasteiger partial charge in [0.1, 0.15) is 11.6 Å². The Morgan fingerprint density at radius 1 is 1.06 bits per heavy atom. The summed E-state index contributed by atoms with van der Waals surface area (Å²) >= 11 is 0. The number of anilines is 2. The van der Waals surface area contributed by atoms with Crippen molar-refractivity contribution < 1.29 is 13.5 Å². The van der Waals surface area contributed by atoms with Crippen LogP contribution in [0.1, 0.15) is 44.9 Å². The molecule has 194 valence electrons. The van der Waals surface area contributed by atoms with Crippen LogP contribution in [-0.4, -0.2) is 76.9 Å². The van der Waals surface area contributed by atoms with Gasteiger partial charge in [-0.2, -0.15) is 9.97 Å². The van der Waals surface area contributed by atoms with E-state index >= 15 is 0 Å². The summed E-state index contributed by atoms with van der Waals surface area (Å²) in [4.78, 5) is 18.2. The highest BCUT2D eigenvalue weighted by Crippen LogP contribution is 2.30. The summed E-state index contributed by atoms with van der Waals surface area (Å²) < 4.78 is 35.0. The Balaban J connectivity index is 1.43. The summed E-state index contributed by atoms with van der Waals surface area (Å²) in [6.45, 7) is 6.63. The number of halogens is 2. The molecular weight excluding hydrogens is 464 g/mol. The number of benzene rings is 1. The van der Waals surface area contributed by atoms with Crippen molar-refractivity contribution in [1.82, 2.24) is 24.4 Å². The first-order chi connectivity index (χ1) is 17.5. The van der Waals surface area contributed by atoms with E-state index in [1.165, 1.54) is 17.4 Å². The molecule has 1 aliphatic heterocycles. The second kappa shape index (κ2) is 11.0. The molecule has 3 aromatic rings. The molecule has 1 aliphatic carbocycles. The van der Waals surface area contributed by atoms with Crippen molar-refractivity contribution >= 4 is 22.8 Å². The molecule has 8 nitrogen and oxygen atoms in total. The van der Waals surface area contributed by atoms with E-state index in [-0.39, 0.29) is 5.82 Å². The van der Waals surface area contributed by atoms with Crippen LogP contribution in [0.4, 0.5) is 20.5 Å². The molecule has 0 spiro atoms. The first-order valence-electron chi connectivity index (χ1n) is 12.9. The fraction of sp³-hybridized carbons (Fsp3) is 0.577. The third-order valence-corrected chi connectivity index (χ3v) is 7.53. The van der Waals surface area contributed by atoms with E-state index in [9.17, 15) is 8.78 Å². The molecule has 3 heterocycles. The van der Waals surface area contributed by atoms with E-state index in [1.54, 1.807) is 24.3 Å². The number of morpholine rings is 1. The number of ether oxygens (including phenoxy) is 1. The van der Waals surface area contributed by atoms with Gasteiger partial charge in [0.15, 0.2) is 5.82 Å². The predicted octanol–water partition coefficient (Wildman–Crippen LogP) is 4.51. The quantitative estimate of drug-likeness (QED) is 0.489. The Bertz CT molecular complexity index is 1160. The smallest absolute Gasteiger partial charge is 0.296 e. The highest BCUT2D eigenvalue weighted by molar-refractivity contribution is 5.78. The summed E-state index contributed by atoms with van der Waals surface area (Å²) in [5.74, 6) is 1.78. The number of para-hydroxylation sites is 2. The largest absolute Gasteiger partial charge is 0.378 e. The summed E-state index contributed by atoms with van der Waals surface area (Å²) in [7, 11) is 2.20. The molecule has 0 radical (unpaired) electrons. The molecular formula is C26H35F2N7O. The molecule has 2 aliphatic rings. The van der Waals surface area contributed by atoms with Gasteiger partial charge >= 0.3 is 0 Å². The van der Waals surface area contributed by atoms with E-state index in [2.05, 4.69) is 34.1 Å². The Kier molecular flexibility index (Phi) is 7.62. The van der Waals surface area contributed by atoms with E-state index in [1.807, 2.05) is 6.07 Å².